The number of nitrogens with zero attached hydrogens (tertiary/aromatic N) is 3. The predicted molar refractivity (Wildman–Crippen MR) is 96.7 cm³/mol. The standard InChI is InChI=1S/C18H24N4OS/c23-18(20-13-16-4-1-6-19-12-16)15-22-8-3-7-21(9-10-22)14-17-5-2-11-24-17/h1-2,4-6,11-12H,3,7-10,13-15H2,(H,20,23). The van der Waals surface area contributed by atoms with Gasteiger partial charge in [0.1, 0.15) is 0 Å². The second kappa shape index (κ2) is 8.92. The number of nitrogens with one attached hydrogen (secondary N) is 1. The van der Waals surface area contributed by atoms with E-state index >= 15 is 0 Å². The third-order valence-electron chi connectivity index (χ3n) is 4.22. The van der Waals surface area contributed by atoms with Gasteiger partial charge in [0.25, 0.3) is 0 Å². The van der Waals surface area contributed by atoms with Crippen LogP contribution in [-0.2, 0) is 17.9 Å². The number of hydrogen-bond acceptors (Lipinski definition) is 5. The van der Waals surface area contributed by atoms with Crippen LogP contribution in [0.3, 0.4) is 0 Å². The first-order chi connectivity index (χ1) is 11.8. The minimum absolute atomic E-state index is 0.0885. The van der Waals surface area contributed by atoms with Crippen molar-refractivity contribution >= 4 is 17.2 Å². The van der Waals surface area contributed by atoms with E-state index in [1.165, 1.54) is 4.88 Å². The highest BCUT2D eigenvalue weighted by Gasteiger charge is 2.17. The molecule has 2 aromatic rings. The van der Waals surface area contributed by atoms with Crippen molar-refractivity contribution in [1.82, 2.24) is 20.1 Å². The highest BCUT2D eigenvalue weighted by atomic mass is 32.1. The molecule has 0 radical (unpaired) electrons. The Morgan fingerprint density at radius 1 is 1.17 bits per heavy atom. The van der Waals surface area contributed by atoms with Crippen LogP contribution in [-0.4, -0.2) is 53.4 Å². The monoisotopic (exact) mass is 344 g/mol. The van der Waals surface area contributed by atoms with E-state index in [4.69, 9.17) is 0 Å². The number of thiophene rings is 1. The van der Waals surface area contributed by atoms with Crippen molar-refractivity contribution in [1.29, 1.82) is 0 Å². The fraction of sp³-hybridized carbons (Fsp3) is 0.444. The van der Waals surface area contributed by atoms with E-state index in [0.29, 0.717) is 13.1 Å². The minimum atomic E-state index is 0.0885. The number of carbonyl (C=O) groups is 1. The summed E-state index contributed by atoms with van der Waals surface area (Å²) in [7, 11) is 0. The van der Waals surface area contributed by atoms with Crippen LogP contribution in [0.5, 0.6) is 0 Å². The normalized spacial score (nSPS) is 16.7. The highest BCUT2D eigenvalue weighted by Crippen LogP contribution is 2.13. The molecule has 1 aliphatic rings. The van der Waals surface area contributed by atoms with Crippen LogP contribution >= 0.6 is 11.3 Å². The summed E-state index contributed by atoms with van der Waals surface area (Å²) in [4.78, 5) is 22.4. The van der Waals surface area contributed by atoms with Crippen LogP contribution in [0.2, 0.25) is 0 Å². The molecule has 5 nitrogen and oxygen atoms in total. The van der Waals surface area contributed by atoms with Crippen LogP contribution in [0, 0.1) is 0 Å². The summed E-state index contributed by atoms with van der Waals surface area (Å²) < 4.78 is 0. The van der Waals surface area contributed by atoms with Gasteiger partial charge >= 0.3 is 0 Å². The van der Waals surface area contributed by atoms with E-state index in [2.05, 4.69) is 37.6 Å². The molecule has 128 valence electrons. The SMILES string of the molecule is O=C(CN1CCCN(Cc2cccs2)CC1)NCc1cccnc1. The van der Waals surface area contributed by atoms with Crippen molar-refractivity contribution in [3.05, 3.63) is 52.5 Å². The molecule has 0 bridgehead atoms. The van der Waals surface area contributed by atoms with Crippen LogP contribution in [0.15, 0.2) is 42.0 Å². The molecule has 0 saturated carbocycles. The molecule has 1 aliphatic heterocycles. The van der Waals surface area contributed by atoms with Crippen molar-refractivity contribution in [2.24, 2.45) is 0 Å². The first kappa shape index (κ1) is 17.1. The molecule has 1 amide bonds. The molecule has 6 heteroatoms. The van der Waals surface area contributed by atoms with Crippen LogP contribution in [0.4, 0.5) is 0 Å². The van der Waals surface area contributed by atoms with Crippen molar-refractivity contribution in [3.8, 4) is 0 Å². The molecule has 0 spiro atoms. The Bertz CT molecular complexity index is 617. The van der Waals surface area contributed by atoms with Gasteiger partial charge in [0.15, 0.2) is 0 Å². The van der Waals surface area contributed by atoms with Gasteiger partial charge in [-0.2, -0.15) is 0 Å². The Morgan fingerprint density at radius 2 is 2.04 bits per heavy atom. The van der Waals surface area contributed by atoms with Crippen LogP contribution in [0.1, 0.15) is 16.9 Å². The summed E-state index contributed by atoms with van der Waals surface area (Å²) in [6.07, 6.45) is 4.64. The maximum Gasteiger partial charge on any atom is 0.234 e. The van der Waals surface area contributed by atoms with E-state index in [0.717, 1.165) is 44.7 Å². The average molecular weight is 344 g/mol. The zero-order chi connectivity index (χ0) is 16.6. The van der Waals surface area contributed by atoms with E-state index in [1.54, 1.807) is 12.4 Å². The summed E-state index contributed by atoms with van der Waals surface area (Å²) in [6.45, 7) is 6.11. The summed E-state index contributed by atoms with van der Waals surface area (Å²) >= 11 is 1.81. The fourth-order valence-corrected chi connectivity index (χ4v) is 3.67. The van der Waals surface area contributed by atoms with E-state index in [9.17, 15) is 4.79 Å². The van der Waals surface area contributed by atoms with Gasteiger partial charge in [-0.25, -0.2) is 0 Å². The van der Waals surface area contributed by atoms with E-state index in [-0.39, 0.29) is 5.91 Å². The number of pyridine rings is 1. The third-order valence-corrected chi connectivity index (χ3v) is 5.08. The quantitative estimate of drug-likeness (QED) is 0.870. The number of carbonyl (C=O) groups excluding carboxylic acids is 1. The van der Waals surface area contributed by atoms with Crippen LogP contribution < -0.4 is 5.32 Å². The van der Waals surface area contributed by atoms with Gasteiger partial charge in [0, 0.05) is 43.4 Å². The number of rotatable bonds is 6. The van der Waals surface area contributed by atoms with Crippen molar-refractivity contribution in [3.63, 3.8) is 0 Å². The second-order valence-corrected chi connectivity index (χ2v) is 7.16. The Morgan fingerprint density at radius 3 is 2.83 bits per heavy atom. The largest absolute Gasteiger partial charge is 0.351 e. The smallest absolute Gasteiger partial charge is 0.234 e. The second-order valence-electron chi connectivity index (χ2n) is 6.12. The Hall–Kier alpha value is -1.76. The molecule has 1 N–H and O–H groups in total. The lowest BCUT2D eigenvalue weighted by Gasteiger charge is -2.21. The lowest BCUT2D eigenvalue weighted by Crippen LogP contribution is -2.39. The summed E-state index contributed by atoms with van der Waals surface area (Å²) in [5.41, 5.74) is 1.03. The van der Waals surface area contributed by atoms with Gasteiger partial charge in [-0.1, -0.05) is 12.1 Å². The van der Waals surface area contributed by atoms with Crippen molar-refractivity contribution < 1.29 is 4.79 Å². The third kappa shape index (κ3) is 5.40. The first-order valence-electron chi connectivity index (χ1n) is 8.42. The summed E-state index contributed by atoms with van der Waals surface area (Å²) in [5.74, 6) is 0.0885. The maximum atomic E-state index is 12.1. The highest BCUT2D eigenvalue weighted by molar-refractivity contribution is 7.09. The molecule has 24 heavy (non-hydrogen) atoms. The number of hydrogen-bond donors (Lipinski definition) is 1. The zero-order valence-electron chi connectivity index (χ0n) is 13.9. The van der Waals surface area contributed by atoms with Gasteiger partial charge in [-0.15, -0.1) is 11.3 Å². The van der Waals surface area contributed by atoms with Gasteiger partial charge in [0.05, 0.1) is 6.54 Å². The Balaban J connectivity index is 1.40. The number of amides is 1. The fourth-order valence-electron chi connectivity index (χ4n) is 2.93. The molecular weight excluding hydrogens is 320 g/mol. The first-order valence-corrected chi connectivity index (χ1v) is 9.30. The summed E-state index contributed by atoms with van der Waals surface area (Å²) in [5, 5.41) is 5.11. The van der Waals surface area contributed by atoms with Gasteiger partial charge in [0.2, 0.25) is 5.91 Å². The van der Waals surface area contributed by atoms with Gasteiger partial charge in [-0.05, 0) is 42.6 Å². The maximum absolute atomic E-state index is 12.1. The molecule has 3 rings (SSSR count). The molecule has 2 aromatic heterocycles. The van der Waals surface area contributed by atoms with Gasteiger partial charge < -0.3 is 5.32 Å². The van der Waals surface area contributed by atoms with Crippen molar-refractivity contribution in [2.75, 3.05) is 32.7 Å². The lowest BCUT2D eigenvalue weighted by molar-refractivity contribution is -0.122. The zero-order valence-corrected chi connectivity index (χ0v) is 14.7. The van der Waals surface area contributed by atoms with E-state index in [1.807, 2.05) is 23.5 Å². The molecule has 0 unspecified atom stereocenters. The Kier molecular flexibility index (Phi) is 6.34. The summed E-state index contributed by atoms with van der Waals surface area (Å²) in [6, 6.07) is 8.16. The molecule has 1 saturated heterocycles. The Labute approximate surface area is 147 Å². The molecule has 3 heterocycles. The van der Waals surface area contributed by atoms with Crippen molar-refractivity contribution in [2.45, 2.75) is 19.5 Å². The molecule has 0 aromatic carbocycles. The average Bonchev–Trinajstić information content (AvgIpc) is 3.01. The van der Waals surface area contributed by atoms with E-state index < -0.39 is 0 Å². The topological polar surface area (TPSA) is 48.5 Å². The molecular formula is C18H24N4OS. The van der Waals surface area contributed by atoms with Gasteiger partial charge in [-0.3, -0.25) is 19.6 Å². The lowest BCUT2D eigenvalue weighted by atomic mass is 10.3. The predicted octanol–water partition coefficient (Wildman–Crippen LogP) is 1.97. The molecule has 0 atom stereocenters. The number of aromatic nitrogens is 1. The molecule has 1 fully saturated rings. The molecule has 0 aliphatic carbocycles. The van der Waals surface area contributed by atoms with Crippen LogP contribution in [0.25, 0.3) is 0 Å². The minimum Gasteiger partial charge on any atom is -0.351 e.